The summed E-state index contributed by atoms with van der Waals surface area (Å²) >= 11 is 0. The maximum atomic E-state index is 6.60. The highest BCUT2D eigenvalue weighted by Crippen LogP contribution is 2.56. The topological polar surface area (TPSA) is 18.5 Å². The van der Waals surface area contributed by atoms with Crippen molar-refractivity contribution in [2.45, 2.75) is 11.1 Å². The fourth-order valence-electron chi connectivity index (χ4n) is 7.23. The SMILES string of the molecule is c1ccc([Si](c2ccccc2)(C2c3ccccc3Oc3ccccc32)C2c3ccccc3Oc3ccccc32)cc1. The first-order valence-corrected chi connectivity index (χ1v) is 16.3. The molecule has 0 saturated carbocycles. The Morgan fingerprint density at radius 2 is 0.585 bits per heavy atom. The molecule has 0 amide bonds. The molecule has 0 radical (unpaired) electrons. The van der Waals surface area contributed by atoms with Gasteiger partial charge < -0.3 is 9.47 Å². The second-order valence-electron chi connectivity index (χ2n) is 10.8. The second kappa shape index (κ2) is 9.65. The fraction of sp³-hybridized carbons (Fsp3) is 0.0526. The molecule has 3 heteroatoms. The monoisotopic (exact) mass is 544 g/mol. The van der Waals surface area contributed by atoms with E-state index in [2.05, 4.69) is 158 Å². The highest BCUT2D eigenvalue weighted by atomic mass is 28.3. The minimum absolute atomic E-state index is 0.0812. The lowest BCUT2D eigenvalue weighted by Crippen LogP contribution is -2.68. The highest BCUT2D eigenvalue weighted by Gasteiger charge is 2.57. The Kier molecular flexibility index (Phi) is 5.64. The molecular formula is C38H28O2Si. The van der Waals surface area contributed by atoms with E-state index >= 15 is 0 Å². The van der Waals surface area contributed by atoms with Crippen LogP contribution in [0.3, 0.4) is 0 Å². The Bertz CT molecular complexity index is 1640. The largest absolute Gasteiger partial charge is 0.457 e. The molecule has 6 aromatic rings. The number of benzene rings is 6. The number of rotatable bonds is 4. The normalized spacial score (nSPS) is 14.0. The van der Waals surface area contributed by atoms with Crippen LogP contribution in [-0.4, -0.2) is 8.07 Å². The van der Waals surface area contributed by atoms with E-state index in [4.69, 9.17) is 9.47 Å². The quantitative estimate of drug-likeness (QED) is 0.208. The van der Waals surface area contributed by atoms with Crippen LogP contribution < -0.4 is 19.8 Å². The molecule has 41 heavy (non-hydrogen) atoms. The minimum Gasteiger partial charge on any atom is -0.457 e. The lowest BCUT2D eigenvalue weighted by Gasteiger charge is -2.49. The van der Waals surface area contributed by atoms with E-state index in [0.717, 1.165) is 23.0 Å². The summed E-state index contributed by atoms with van der Waals surface area (Å²) in [6, 6.07) is 57.1. The number of ether oxygens (including phenoxy) is 2. The van der Waals surface area contributed by atoms with Gasteiger partial charge in [-0.25, -0.2) is 0 Å². The smallest absolute Gasteiger partial charge is 0.141 e. The van der Waals surface area contributed by atoms with Crippen molar-refractivity contribution < 1.29 is 9.47 Å². The van der Waals surface area contributed by atoms with Gasteiger partial charge in [0.1, 0.15) is 31.1 Å². The van der Waals surface area contributed by atoms with E-state index in [1.165, 1.54) is 32.6 Å². The van der Waals surface area contributed by atoms with Crippen molar-refractivity contribution in [3.63, 3.8) is 0 Å². The summed E-state index contributed by atoms with van der Waals surface area (Å²) in [6.07, 6.45) is 0. The average Bonchev–Trinajstić information content (AvgIpc) is 3.05. The van der Waals surface area contributed by atoms with Gasteiger partial charge in [0, 0.05) is 33.3 Å². The van der Waals surface area contributed by atoms with Crippen LogP contribution in [-0.2, 0) is 0 Å². The summed E-state index contributed by atoms with van der Waals surface area (Å²) in [7, 11) is -2.91. The Morgan fingerprint density at radius 3 is 0.902 bits per heavy atom. The molecule has 2 aliphatic heterocycles. The zero-order valence-electron chi connectivity index (χ0n) is 22.5. The fourth-order valence-corrected chi connectivity index (χ4v) is 13.6. The van der Waals surface area contributed by atoms with Crippen molar-refractivity contribution in [2.24, 2.45) is 0 Å². The van der Waals surface area contributed by atoms with Crippen molar-refractivity contribution in [3.8, 4) is 23.0 Å². The molecule has 2 heterocycles. The van der Waals surface area contributed by atoms with Crippen LogP contribution >= 0.6 is 0 Å². The predicted molar refractivity (Wildman–Crippen MR) is 168 cm³/mol. The van der Waals surface area contributed by atoms with Gasteiger partial charge in [0.25, 0.3) is 0 Å². The first-order valence-electron chi connectivity index (χ1n) is 14.2. The van der Waals surface area contributed by atoms with E-state index in [-0.39, 0.29) is 11.1 Å². The summed E-state index contributed by atoms with van der Waals surface area (Å²) in [5.74, 6) is 3.75. The summed E-state index contributed by atoms with van der Waals surface area (Å²) in [6.45, 7) is 0. The average molecular weight is 545 g/mol. The van der Waals surface area contributed by atoms with Crippen LogP contribution in [0.1, 0.15) is 33.3 Å². The van der Waals surface area contributed by atoms with Crippen molar-refractivity contribution in [1.29, 1.82) is 0 Å². The highest BCUT2D eigenvalue weighted by molar-refractivity contribution is 7.05. The first kappa shape index (κ1) is 24.0. The van der Waals surface area contributed by atoms with Crippen LogP contribution in [0.4, 0.5) is 0 Å². The maximum Gasteiger partial charge on any atom is 0.141 e. The van der Waals surface area contributed by atoms with E-state index in [1.807, 2.05) is 0 Å². The van der Waals surface area contributed by atoms with E-state index in [9.17, 15) is 0 Å². The Balaban J connectivity index is 1.58. The van der Waals surface area contributed by atoms with Crippen molar-refractivity contribution in [1.82, 2.24) is 0 Å². The molecule has 0 aliphatic carbocycles. The number of hydrogen-bond acceptors (Lipinski definition) is 2. The van der Waals surface area contributed by atoms with Gasteiger partial charge in [-0.15, -0.1) is 0 Å². The molecule has 2 nitrogen and oxygen atoms in total. The van der Waals surface area contributed by atoms with Gasteiger partial charge in [0.15, 0.2) is 0 Å². The molecule has 0 saturated heterocycles. The molecular weight excluding hydrogens is 517 g/mol. The van der Waals surface area contributed by atoms with E-state index < -0.39 is 8.07 Å². The maximum absolute atomic E-state index is 6.60. The third-order valence-electron chi connectivity index (χ3n) is 8.77. The van der Waals surface area contributed by atoms with Gasteiger partial charge in [-0.05, 0) is 24.3 Å². The molecule has 2 aliphatic rings. The van der Waals surface area contributed by atoms with Crippen LogP contribution in [0, 0.1) is 0 Å². The van der Waals surface area contributed by atoms with E-state index in [1.54, 1.807) is 0 Å². The van der Waals surface area contributed by atoms with Gasteiger partial charge >= 0.3 is 0 Å². The summed E-state index contributed by atoms with van der Waals surface area (Å²) in [5, 5.41) is 2.78. The van der Waals surface area contributed by atoms with Crippen molar-refractivity contribution in [3.05, 3.63) is 180 Å². The molecule has 6 aromatic carbocycles. The molecule has 0 fully saturated rings. The van der Waals surface area contributed by atoms with Crippen molar-refractivity contribution in [2.75, 3.05) is 0 Å². The van der Waals surface area contributed by atoms with Crippen LogP contribution in [0.25, 0.3) is 0 Å². The molecule has 0 aromatic heterocycles. The zero-order chi connectivity index (χ0) is 27.2. The molecule has 0 spiro atoms. The van der Waals surface area contributed by atoms with Gasteiger partial charge in [0.05, 0.1) is 0 Å². The molecule has 0 unspecified atom stereocenters. The lowest BCUT2D eigenvalue weighted by atomic mass is 9.98. The molecule has 0 bridgehead atoms. The summed E-state index contributed by atoms with van der Waals surface area (Å²) in [4.78, 5) is 0. The second-order valence-corrected chi connectivity index (χ2v) is 14.9. The predicted octanol–water partition coefficient (Wildman–Crippen LogP) is 8.20. The third-order valence-corrected chi connectivity index (χ3v) is 14.4. The Labute approximate surface area is 241 Å². The minimum atomic E-state index is -2.91. The van der Waals surface area contributed by atoms with Gasteiger partial charge in [-0.2, -0.15) is 0 Å². The molecule has 0 N–H and O–H groups in total. The number of fused-ring (bicyclic) bond motifs is 4. The number of hydrogen-bond donors (Lipinski definition) is 0. The van der Waals surface area contributed by atoms with Gasteiger partial charge in [-0.1, -0.05) is 144 Å². The third kappa shape index (κ3) is 3.63. The standard InChI is InChI=1S/C38H28O2Si/c1-3-15-27(16-4-1)41(28-17-5-2-6-18-28,37-29-19-7-11-23-33(29)39-34-24-12-8-20-30(34)37)38-31-21-9-13-25-35(31)40-36-26-14-10-22-32(36)38/h1-26,37-38H. The number of para-hydroxylation sites is 4. The van der Waals surface area contributed by atoms with Gasteiger partial charge in [-0.3, -0.25) is 0 Å². The van der Waals surface area contributed by atoms with Crippen LogP contribution in [0.2, 0.25) is 0 Å². The van der Waals surface area contributed by atoms with Gasteiger partial charge in [0.2, 0.25) is 0 Å². The van der Waals surface area contributed by atoms with E-state index in [0.29, 0.717) is 0 Å². The lowest BCUT2D eigenvalue weighted by molar-refractivity contribution is 0.452. The summed E-state index contributed by atoms with van der Waals surface area (Å²) in [5.41, 5.74) is 5.13. The van der Waals surface area contributed by atoms with Crippen molar-refractivity contribution >= 4 is 18.4 Å². The molecule has 0 atom stereocenters. The van der Waals surface area contributed by atoms with Crippen LogP contribution in [0.15, 0.2) is 158 Å². The zero-order valence-corrected chi connectivity index (χ0v) is 23.5. The molecule has 196 valence electrons. The molecule has 8 rings (SSSR count). The summed E-state index contributed by atoms with van der Waals surface area (Å²) < 4.78 is 13.2. The Morgan fingerprint density at radius 1 is 0.317 bits per heavy atom. The first-order chi connectivity index (χ1) is 20.4. The van der Waals surface area contributed by atoms with Crippen LogP contribution in [0.5, 0.6) is 23.0 Å². The Hall–Kier alpha value is -4.86.